The first kappa shape index (κ1) is 16.2. The SMILES string of the molecule is CCC(CC)(CN)NC(=O)Cc1ccc(-n2cccn2)cc1. The molecule has 118 valence electrons. The van der Waals surface area contributed by atoms with Crippen LogP contribution >= 0.6 is 0 Å². The highest BCUT2D eigenvalue weighted by Gasteiger charge is 2.26. The van der Waals surface area contributed by atoms with E-state index in [0.717, 1.165) is 24.1 Å². The van der Waals surface area contributed by atoms with Crippen molar-refractivity contribution in [2.45, 2.75) is 38.6 Å². The zero-order valence-electron chi connectivity index (χ0n) is 13.2. The van der Waals surface area contributed by atoms with Gasteiger partial charge in [-0.05, 0) is 36.6 Å². The van der Waals surface area contributed by atoms with Crippen molar-refractivity contribution in [3.8, 4) is 5.69 Å². The summed E-state index contributed by atoms with van der Waals surface area (Å²) < 4.78 is 1.79. The van der Waals surface area contributed by atoms with Gasteiger partial charge in [0, 0.05) is 18.9 Å². The lowest BCUT2D eigenvalue weighted by Crippen LogP contribution is -2.53. The van der Waals surface area contributed by atoms with E-state index >= 15 is 0 Å². The zero-order valence-corrected chi connectivity index (χ0v) is 13.2. The first-order valence-corrected chi connectivity index (χ1v) is 7.72. The second-order valence-electron chi connectivity index (χ2n) is 5.53. The maximum Gasteiger partial charge on any atom is 0.224 e. The summed E-state index contributed by atoms with van der Waals surface area (Å²) in [6, 6.07) is 9.72. The highest BCUT2D eigenvalue weighted by atomic mass is 16.1. The van der Waals surface area contributed by atoms with Crippen LogP contribution in [0.4, 0.5) is 0 Å². The van der Waals surface area contributed by atoms with Crippen LogP contribution in [0.1, 0.15) is 32.3 Å². The molecule has 5 nitrogen and oxygen atoms in total. The number of hydrogen-bond acceptors (Lipinski definition) is 3. The van der Waals surface area contributed by atoms with Gasteiger partial charge in [-0.15, -0.1) is 0 Å². The molecule has 1 amide bonds. The van der Waals surface area contributed by atoms with E-state index in [2.05, 4.69) is 24.3 Å². The zero-order chi connectivity index (χ0) is 16.0. The smallest absolute Gasteiger partial charge is 0.224 e. The molecular weight excluding hydrogens is 276 g/mol. The Balaban J connectivity index is 2.00. The number of carbonyl (C=O) groups is 1. The highest BCUT2D eigenvalue weighted by Crippen LogP contribution is 2.14. The predicted octanol–water partition coefficient (Wildman–Crippen LogP) is 2.05. The third-order valence-electron chi connectivity index (χ3n) is 4.22. The second-order valence-corrected chi connectivity index (χ2v) is 5.53. The van der Waals surface area contributed by atoms with Gasteiger partial charge in [-0.3, -0.25) is 4.79 Å². The molecule has 0 aliphatic carbocycles. The molecule has 2 aromatic rings. The highest BCUT2D eigenvalue weighted by molar-refractivity contribution is 5.79. The molecule has 0 saturated carbocycles. The van der Waals surface area contributed by atoms with Gasteiger partial charge in [0.05, 0.1) is 17.6 Å². The number of carbonyl (C=O) groups excluding carboxylic acids is 1. The topological polar surface area (TPSA) is 72.9 Å². The fourth-order valence-corrected chi connectivity index (χ4v) is 2.48. The first-order valence-electron chi connectivity index (χ1n) is 7.72. The number of nitrogens with one attached hydrogen (secondary N) is 1. The summed E-state index contributed by atoms with van der Waals surface area (Å²) in [5.74, 6) is 0.0148. The normalized spacial score (nSPS) is 11.4. The van der Waals surface area contributed by atoms with E-state index in [-0.39, 0.29) is 11.4 Å². The molecule has 1 aromatic heterocycles. The molecule has 0 spiro atoms. The molecule has 0 atom stereocenters. The summed E-state index contributed by atoms with van der Waals surface area (Å²) in [4.78, 5) is 12.2. The summed E-state index contributed by atoms with van der Waals surface area (Å²) in [5, 5.41) is 7.27. The van der Waals surface area contributed by atoms with E-state index in [1.165, 1.54) is 0 Å². The third-order valence-corrected chi connectivity index (χ3v) is 4.22. The largest absolute Gasteiger partial charge is 0.349 e. The molecule has 22 heavy (non-hydrogen) atoms. The lowest BCUT2D eigenvalue weighted by Gasteiger charge is -2.31. The maximum atomic E-state index is 12.2. The molecule has 0 radical (unpaired) electrons. The van der Waals surface area contributed by atoms with Gasteiger partial charge in [-0.2, -0.15) is 5.10 Å². The minimum Gasteiger partial charge on any atom is -0.349 e. The number of benzene rings is 1. The van der Waals surface area contributed by atoms with E-state index in [1.54, 1.807) is 10.9 Å². The lowest BCUT2D eigenvalue weighted by molar-refractivity contribution is -0.122. The molecule has 0 bridgehead atoms. The summed E-state index contributed by atoms with van der Waals surface area (Å²) in [6.45, 7) is 4.56. The van der Waals surface area contributed by atoms with Crippen molar-refractivity contribution in [2.75, 3.05) is 6.54 Å². The van der Waals surface area contributed by atoms with Gasteiger partial charge in [-0.25, -0.2) is 4.68 Å². The first-order chi connectivity index (χ1) is 10.6. The Hall–Kier alpha value is -2.14. The summed E-state index contributed by atoms with van der Waals surface area (Å²) in [6.07, 6.45) is 5.66. The van der Waals surface area contributed by atoms with E-state index < -0.39 is 0 Å². The van der Waals surface area contributed by atoms with Gasteiger partial charge >= 0.3 is 0 Å². The van der Waals surface area contributed by atoms with Crippen LogP contribution in [0, 0.1) is 0 Å². The van der Waals surface area contributed by atoms with Crippen molar-refractivity contribution in [2.24, 2.45) is 5.73 Å². The second kappa shape index (κ2) is 7.22. The summed E-state index contributed by atoms with van der Waals surface area (Å²) >= 11 is 0. The molecule has 2 rings (SSSR count). The van der Waals surface area contributed by atoms with Crippen LogP contribution in [0.25, 0.3) is 5.69 Å². The Morgan fingerprint density at radius 2 is 1.95 bits per heavy atom. The van der Waals surface area contributed by atoms with Crippen molar-refractivity contribution in [3.63, 3.8) is 0 Å². The Bertz CT molecular complexity index is 577. The van der Waals surface area contributed by atoms with Crippen LogP contribution in [0.2, 0.25) is 0 Å². The average molecular weight is 300 g/mol. The molecular formula is C17H24N4O. The molecule has 0 fully saturated rings. The van der Waals surface area contributed by atoms with E-state index in [1.807, 2.05) is 36.5 Å². The van der Waals surface area contributed by atoms with Gasteiger partial charge in [0.2, 0.25) is 5.91 Å². The molecule has 3 N–H and O–H groups in total. The van der Waals surface area contributed by atoms with Crippen LogP contribution in [0.5, 0.6) is 0 Å². The van der Waals surface area contributed by atoms with Gasteiger partial charge < -0.3 is 11.1 Å². The van der Waals surface area contributed by atoms with Gasteiger partial charge in [0.15, 0.2) is 0 Å². The van der Waals surface area contributed by atoms with Crippen LogP contribution in [-0.2, 0) is 11.2 Å². The fraction of sp³-hybridized carbons (Fsp3) is 0.412. The van der Waals surface area contributed by atoms with Gasteiger partial charge in [0.1, 0.15) is 0 Å². The Morgan fingerprint density at radius 1 is 1.27 bits per heavy atom. The van der Waals surface area contributed by atoms with E-state index in [9.17, 15) is 4.79 Å². The third kappa shape index (κ3) is 3.74. The molecule has 0 aliphatic heterocycles. The fourth-order valence-electron chi connectivity index (χ4n) is 2.48. The summed E-state index contributed by atoms with van der Waals surface area (Å²) in [5.41, 5.74) is 7.49. The number of rotatable bonds is 7. The quantitative estimate of drug-likeness (QED) is 0.822. The minimum absolute atomic E-state index is 0.0148. The van der Waals surface area contributed by atoms with Gasteiger partial charge in [0.25, 0.3) is 0 Å². The van der Waals surface area contributed by atoms with Crippen molar-refractivity contribution in [1.82, 2.24) is 15.1 Å². The van der Waals surface area contributed by atoms with Crippen LogP contribution in [-0.4, -0.2) is 27.8 Å². The molecule has 0 unspecified atom stereocenters. The molecule has 5 heteroatoms. The molecule has 0 aliphatic rings. The number of aromatic nitrogens is 2. The Kier molecular flexibility index (Phi) is 5.33. The number of amides is 1. The number of nitrogens with two attached hydrogens (primary N) is 1. The number of nitrogens with zero attached hydrogens (tertiary/aromatic N) is 2. The monoisotopic (exact) mass is 300 g/mol. The summed E-state index contributed by atoms with van der Waals surface area (Å²) in [7, 11) is 0. The van der Waals surface area contributed by atoms with Crippen molar-refractivity contribution < 1.29 is 4.79 Å². The average Bonchev–Trinajstić information content (AvgIpc) is 3.08. The number of hydrogen-bond donors (Lipinski definition) is 2. The maximum absolute atomic E-state index is 12.2. The van der Waals surface area contributed by atoms with Crippen LogP contribution in [0.3, 0.4) is 0 Å². The molecule has 0 saturated heterocycles. The standard InChI is InChI=1S/C17H24N4O/c1-3-17(4-2,13-18)20-16(22)12-14-6-8-15(9-7-14)21-11-5-10-19-21/h5-11H,3-4,12-13,18H2,1-2H3,(H,20,22). The lowest BCUT2D eigenvalue weighted by atomic mass is 9.92. The Morgan fingerprint density at radius 3 is 2.45 bits per heavy atom. The van der Waals surface area contributed by atoms with E-state index in [0.29, 0.717) is 13.0 Å². The predicted molar refractivity (Wildman–Crippen MR) is 87.8 cm³/mol. The molecule has 1 aromatic carbocycles. The van der Waals surface area contributed by atoms with Crippen LogP contribution in [0.15, 0.2) is 42.7 Å². The van der Waals surface area contributed by atoms with Gasteiger partial charge in [-0.1, -0.05) is 26.0 Å². The minimum atomic E-state index is -0.286. The molecule has 1 heterocycles. The van der Waals surface area contributed by atoms with Crippen molar-refractivity contribution in [3.05, 3.63) is 48.3 Å². The van der Waals surface area contributed by atoms with Crippen molar-refractivity contribution in [1.29, 1.82) is 0 Å². The Labute approximate surface area is 131 Å². The van der Waals surface area contributed by atoms with Crippen LogP contribution < -0.4 is 11.1 Å². The van der Waals surface area contributed by atoms with Crippen molar-refractivity contribution >= 4 is 5.91 Å². The van der Waals surface area contributed by atoms with E-state index in [4.69, 9.17) is 5.73 Å².